The third kappa shape index (κ3) is 7.29. The number of nitrogens with zero attached hydrogens (tertiary/aromatic N) is 4. The van der Waals surface area contributed by atoms with Gasteiger partial charge in [0, 0.05) is 43.1 Å². The number of benzene rings is 1. The molecular formula is C27H36N8O2. The van der Waals surface area contributed by atoms with E-state index in [9.17, 15) is 9.59 Å². The average Bonchev–Trinajstić information content (AvgIpc) is 3.36. The highest BCUT2D eigenvalue weighted by atomic mass is 16.2. The van der Waals surface area contributed by atoms with Crippen LogP contribution in [-0.4, -0.2) is 57.8 Å². The monoisotopic (exact) mass is 504 g/mol. The Morgan fingerprint density at radius 1 is 1.03 bits per heavy atom. The molecular weight excluding hydrogens is 468 g/mol. The molecule has 37 heavy (non-hydrogen) atoms. The van der Waals surface area contributed by atoms with Crippen molar-refractivity contribution in [3.63, 3.8) is 0 Å². The molecule has 0 atom stereocenters. The highest BCUT2D eigenvalue weighted by Gasteiger charge is 2.19. The van der Waals surface area contributed by atoms with Gasteiger partial charge in [-0.3, -0.25) is 9.48 Å². The Morgan fingerprint density at radius 3 is 2.46 bits per heavy atom. The van der Waals surface area contributed by atoms with Crippen molar-refractivity contribution in [2.75, 3.05) is 37.2 Å². The molecule has 1 fully saturated rings. The van der Waals surface area contributed by atoms with E-state index in [1.54, 1.807) is 16.9 Å². The van der Waals surface area contributed by atoms with Gasteiger partial charge >= 0.3 is 6.03 Å². The van der Waals surface area contributed by atoms with Crippen LogP contribution in [0, 0.1) is 0 Å². The van der Waals surface area contributed by atoms with Crippen LogP contribution in [0.4, 0.5) is 16.3 Å². The summed E-state index contributed by atoms with van der Waals surface area (Å²) in [5, 5.41) is 13.4. The van der Waals surface area contributed by atoms with Gasteiger partial charge in [0.25, 0.3) is 5.91 Å². The van der Waals surface area contributed by atoms with E-state index >= 15 is 0 Å². The molecule has 3 aromatic rings. The summed E-state index contributed by atoms with van der Waals surface area (Å²) in [5.41, 5.74) is 9.20. The van der Waals surface area contributed by atoms with Gasteiger partial charge in [0.1, 0.15) is 11.5 Å². The molecule has 1 saturated heterocycles. The molecule has 10 heteroatoms. The standard InChI is InChI=1S/C27H36N8O2/c1-19(2)35-24(26(36)29-12-15-34-13-4-3-5-14-34)16-23(33-35)21-7-9-22(10-8-21)32-27(37)31-18-20-6-11-25(28)30-17-20/h6-11,16-17,19H,3-5,12-15,18H2,1-2H3,(H2,28,30)(H,29,36)(H2,31,32,37). The van der Waals surface area contributed by atoms with E-state index < -0.39 is 0 Å². The number of nitrogens with one attached hydrogen (secondary N) is 3. The Kier molecular flexibility index (Phi) is 8.73. The third-order valence-corrected chi connectivity index (χ3v) is 6.36. The highest BCUT2D eigenvalue weighted by Crippen LogP contribution is 2.23. The maximum atomic E-state index is 13.0. The minimum Gasteiger partial charge on any atom is -0.384 e. The first-order valence-electron chi connectivity index (χ1n) is 12.8. The van der Waals surface area contributed by atoms with Crippen LogP contribution >= 0.6 is 0 Å². The van der Waals surface area contributed by atoms with Crippen molar-refractivity contribution in [3.8, 4) is 11.3 Å². The molecule has 0 radical (unpaired) electrons. The van der Waals surface area contributed by atoms with Gasteiger partial charge in [-0.25, -0.2) is 9.78 Å². The summed E-state index contributed by atoms with van der Waals surface area (Å²) in [6.45, 7) is 8.06. The molecule has 1 aromatic carbocycles. The number of rotatable bonds is 9. The van der Waals surface area contributed by atoms with Crippen molar-refractivity contribution in [1.29, 1.82) is 0 Å². The van der Waals surface area contributed by atoms with E-state index in [0.29, 0.717) is 36.0 Å². The number of hydrogen-bond acceptors (Lipinski definition) is 6. The van der Waals surface area contributed by atoms with Crippen LogP contribution < -0.4 is 21.7 Å². The predicted octanol–water partition coefficient (Wildman–Crippen LogP) is 3.65. The topological polar surface area (TPSA) is 130 Å². The summed E-state index contributed by atoms with van der Waals surface area (Å²) < 4.78 is 1.76. The Labute approximate surface area is 217 Å². The van der Waals surface area contributed by atoms with Crippen LogP contribution in [-0.2, 0) is 6.54 Å². The van der Waals surface area contributed by atoms with Gasteiger partial charge in [0.05, 0.1) is 5.69 Å². The van der Waals surface area contributed by atoms with Gasteiger partial charge in [0.2, 0.25) is 0 Å². The largest absolute Gasteiger partial charge is 0.384 e. The fourth-order valence-corrected chi connectivity index (χ4v) is 4.32. The van der Waals surface area contributed by atoms with Gasteiger partial charge in [-0.1, -0.05) is 24.6 Å². The third-order valence-electron chi connectivity index (χ3n) is 6.36. The zero-order valence-corrected chi connectivity index (χ0v) is 21.5. The number of anilines is 2. The van der Waals surface area contributed by atoms with Crippen LogP contribution in [0.1, 0.15) is 55.2 Å². The van der Waals surface area contributed by atoms with Crippen LogP contribution in [0.2, 0.25) is 0 Å². The number of amides is 3. The van der Waals surface area contributed by atoms with Crippen molar-refractivity contribution >= 4 is 23.4 Å². The molecule has 1 aliphatic rings. The van der Waals surface area contributed by atoms with E-state index in [1.807, 2.05) is 50.2 Å². The normalized spacial score (nSPS) is 13.9. The molecule has 0 saturated carbocycles. The lowest BCUT2D eigenvalue weighted by molar-refractivity contribution is 0.0934. The zero-order valence-electron chi connectivity index (χ0n) is 21.5. The number of aromatic nitrogens is 3. The van der Waals surface area contributed by atoms with E-state index in [0.717, 1.165) is 30.8 Å². The molecule has 0 unspecified atom stereocenters. The molecule has 3 heterocycles. The van der Waals surface area contributed by atoms with Crippen molar-refractivity contribution in [2.24, 2.45) is 0 Å². The predicted molar refractivity (Wildman–Crippen MR) is 145 cm³/mol. The van der Waals surface area contributed by atoms with Gasteiger partial charge in [-0.05, 0) is 69.6 Å². The Bertz CT molecular complexity index is 1180. The highest BCUT2D eigenvalue weighted by molar-refractivity contribution is 5.94. The van der Waals surface area contributed by atoms with Crippen LogP contribution in [0.3, 0.4) is 0 Å². The first-order chi connectivity index (χ1) is 17.9. The Hall–Kier alpha value is -3.92. The number of nitrogens with two attached hydrogens (primary N) is 1. The summed E-state index contributed by atoms with van der Waals surface area (Å²) in [5.74, 6) is 0.322. The van der Waals surface area contributed by atoms with Crippen LogP contribution in [0.25, 0.3) is 11.3 Å². The lowest BCUT2D eigenvalue weighted by Gasteiger charge is -2.26. The number of carbonyl (C=O) groups is 2. The van der Waals surface area contributed by atoms with Crippen LogP contribution in [0.5, 0.6) is 0 Å². The lowest BCUT2D eigenvalue weighted by Crippen LogP contribution is -2.38. The molecule has 2 aromatic heterocycles. The van der Waals surface area contributed by atoms with Crippen molar-refractivity contribution < 1.29 is 9.59 Å². The van der Waals surface area contributed by atoms with Gasteiger partial charge in [-0.15, -0.1) is 0 Å². The number of urea groups is 1. The van der Waals surface area contributed by atoms with Gasteiger partial charge in [0.15, 0.2) is 0 Å². The molecule has 0 bridgehead atoms. The molecule has 5 N–H and O–H groups in total. The Morgan fingerprint density at radius 2 is 1.78 bits per heavy atom. The number of nitrogen functional groups attached to an aromatic ring is 1. The molecule has 1 aliphatic heterocycles. The number of piperidine rings is 1. The van der Waals surface area contributed by atoms with E-state index in [4.69, 9.17) is 5.73 Å². The second kappa shape index (κ2) is 12.4. The second-order valence-corrected chi connectivity index (χ2v) is 9.59. The maximum absolute atomic E-state index is 13.0. The van der Waals surface area contributed by atoms with E-state index in [2.05, 4.69) is 30.9 Å². The van der Waals surface area contributed by atoms with Crippen LogP contribution in [0.15, 0.2) is 48.7 Å². The number of hydrogen-bond donors (Lipinski definition) is 4. The smallest absolute Gasteiger partial charge is 0.319 e. The number of pyridine rings is 1. The summed E-state index contributed by atoms with van der Waals surface area (Å²) in [4.78, 5) is 31.6. The molecule has 3 amide bonds. The summed E-state index contributed by atoms with van der Waals surface area (Å²) in [6, 6.07) is 12.4. The first kappa shape index (κ1) is 26.2. The second-order valence-electron chi connectivity index (χ2n) is 9.59. The van der Waals surface area contributed by atoms with Gasteiger partial charge < -0.3 is 26.6 Å². The fourth-order valence-electron chi connectivity index (χ4n) is 4.32. The van der Waals surface area contributed by atoms with Gasteiger partial charge in [-0.2, -0.15) is 5.10 Å². The number of carbonyl (C=O) groups excluding carboxylic acids is 2. The average molecular weight is 505 g/mol. The Balaban J connectivity index is 1.34. The fraction of sp³-hybridized carbons (Fsp3) is 0.407. The summed E-state index contributed by atoms with van der Waals surface area (Å²) in [7, 11) is 0. The molecule has 0 aliphatic carbocycles. The van der Waals surface area contributed by atoms with Crippen molar-refractivity contribution in [1.82, 2.24) is 30.3 Å². The minimum atomic E-state index is -0.322. The molecule has 196 valence electrons. The minimum absolute atomic E-state index is 0.0393. The molecule has 10 nitrogen and oxygen atoms in total. The maximum Gasteiger partial charge on any atom is 0.319 e. The summed E-state index contributed by atoms with van der Waals surface area (Å²) in [6.07, 6.45) is 5.39. The van der Waals surface area contributed by atoms with E-state index in [1.165, 1.54) is 19.3 Å². The molecule has 4 rings (SSSR count). The number of likely N-dealkylation sites (tertiary alicyclic amines) is 1. The SMILES string of the molecule is CC(C)n1nc(-c2ccc(NC(=O)NCc3ccc(N)nc3)cc2)cc1C(=O)NCCN1CCCCC1. The zero-order chi connectivity index (χ0) is 26.2. The molecule has 0 spiro atoms. The van der Waals surface area contributed by atoms with Crippen molar-refractivity contribution in [3.05, 3.63) is 59.9 Å². The van der Waals surface area contributed by atoms with Crippen molar-refractivity contribution in [2.45, 2.75) is 45.7 Å². The first-order valence-corrected chi connectivity index (χ1v) is 12.8. The van der Waals surface area contributed by atoms with E-state index in [-0.39, 0.29) is 18.0 Å². The lowest BCUT2D eigenvalue weighted by atomic mass is 10.1. The quantitative estimate of drug-likeness (QED) is 0.352. The summed E-state index contributed by atoms with van der Waals surface area (Å²) >= 11 is 0.